The van der Waals surface area contributed by atoms with Crippen molar-refractivity contribution in [2.75, 3.05) is 25.7 Å². The summed E-state index contributed by atoms with van der Waals surface area (Å²) in [5, 5.41) is 0. The molecule has 0 saturated carbocycles. The van der Waals surface area contributed by atoms with Crippen LogP contribution < -0.4 is 4.90 Å². The lowest BCUT2D eigenvalue weighted by Crippen LogP contribution is -2.49. The first kappa shape index (κ1) is 21.6. The molecule has 3 rings (SSSR count). The standard InChI is InChI=1S/C22H23FN2O5/c1-14-6-4-5-7-17(14)21(27)24(13-20(29-2)30-3)18-12-19(26)25(22(18)28)16-10-8-15(23)9-11-16/h4-11,18,20H,12-13H2,1-3H3. The van der Waals surface area contributed by atoms with Crippen molar-refractivity contribution in [2.24, 2.45) is 0 Å². The average molecular weight is 414 g/mol. The zero-order valence-electron chi connectivity index (χ0n) is 17.0. The summed E-state index contributed by atoms with van der Waals surface area (Å²) in [7, 11) is 2.86. The van der Waals surface area contributed by atoms with Crippen LogP contribution in [0.25, 0.3) is 0 Å². The lowest BCUT2D eigenvalue weighted by molar-refractivity contribution is -0.128. The van der Waals surface area contributed by atoms with Crippen LogP contribution in [0, 0.1) is 12.7 Å². The molecule has 0 aliphatic carbocycles. The molecule has 0 bridgehead atoms. The number of methoxy groups -OCH3 is 2. The third-order valence-corrected chi connectivity index (χ3v) is 5.09. The molecule has 1 unspecified atom stereocenters. The highest BCUT2D eigenvalue weighted by Crippen LogP contribution is 2.27. The molecule has 30 heavy (non-hydrogen) atoms. The second-order valence-corrected chi connectivity index (χ2v) is 6.94. The van der Waals surface area contributed by atoms with Gasteiger partial charge in [-0.3, -0.25) is 14.4 Å². The maximum atomic E-state index is 13.3. The van der Waals surface area contributed by atoms with E-state index in [-0.39, 0.29) is 18.7 Å². The van der Waals surface area contributed by atoms with Gasteiger partial charge in [-0.25, -0.2) is 9.29 Å². The number of aryl methyl sites for hydroxylation is 1. The largest absolute Gasteiger partial charge is 0.354 e. The number of benzene rings is 2. The number of imide groups is 1. The molecule has 1 aliphatic rings. The van der Waals surface area contributed by atoms with Crippen LogP contribution in [0.1, 0.15) is 22.3 Å². The van der Waals surface area contributed by atoms with Crippen LogP contribution in [-0.4, -0.2) is 55.7 Å². The number of halogens is 1. The van der Waals surface area contributed by atoms with Crippen molar-refractivity contribution in [3.63, 3.8) is 0 Å². The molecule has 7 nitrogen and oxygen atoms in total. The van der Waals surface area contributed by atoms with Crippen LogP contribution in [0.15, 0.2) is 48.5 Å². The topological polar surface area (TPSA) is 76.2 Å². The molecular weight excluding hydrogens is 391 g/mol. The van der Waals surface area contributed by atoms with Crippen molar-refractivity contribution < 1.29 is 28.2 Å². The van der Waals surface area contributed by atoms with E-state index in [0.29, 0.717) is 5.56 Å². The Balaban J connectivity index is 1.96. The Bertz CT molecular complexity index is 943. The second kappa shape index (κ2) is 9.15. The minimum absolute atomic E-state index is 0.0406. The number of hydrogen-bond acceptors (Lipinski definition) is 5. The SMILES string of the molecule is COC(CN(C(=O)c1ccccc1C)C1CC(=O)N(c2ccc(F)cc2)C1=O)OC. The van der Waals surface area contributed by atoms with Crippen LogP contribution in [0.4, 0.5) is 10.1 Å². The number of anilines is 1. The maximum absolute atomic E-state index is 13.3. The Kier molecular flexibility index (Phi) is 6.59. The minimum Gasteiger partial charge on any atom is -0.354 e. The predicted molar refractivity (Wildman–Crippen MR) is 107 cm³/mol. The van der Waals surface area contributed by atoms with Gasteiger partial charge < -0.3 is 14.4 Å². The van der Waals surface area contributed by atoms with Gasteiger partial charge in [0.25, 0.3) is 11.8 Å². The van der Waals surface area contributed by atoms with Crippen LogP contribution in [0.3, 0.4) is 0 Å². The third kappa shape index (κ3) is 4.24. The van der Waals surface area contributed by atoms with E-state index in [1.165, 1.54) is 43.4 Å². The van der Waals surface area contributed by atoms with Gasteiger partial charge >= 0.3 is 0 Å². The first-order chi connectivity index (χ1) is 14.4. The van der Waals surface area contributed by atoms with Gasteiger partial charge in [0.1, 0.15) is 11.9 Å². The molecule has 158 valence electrons. The van der Waals surface area contributed by atoms with Gasteiger partial charge in [0, 0.05) is 19.8 Å². The second-order valence-electron chi connectivity index (χ2n) is 6.94. The van der Waals surface area contributed by atoms with Crippen LogP contribution in [-0.2, 0) is 19.1 Å². The van der Waals surface area contributed by atoms with Crippen molar-refractivity contribution in [1.29, 1.82) is 0 Å². The van der Waals surface area contributed by atoms with E-state index in [4.69, 9.17) is 9.47 Å². The van der Waals surface area contributed by atoms with Gasteiger partial charge in [-0.2, -0.15) is 0 Å². The van der Waals surface area contributed by atoms with Crippen molar-refractivity contribution in [2.45, 2.75) is 25.7 Å². The number of carbonyl (C=O) groups is 3. The van der Waals surface area contributed by atoms with Gasteiger partial charge in [-0.05, 0) is 42.8 Å². The molecule has 0 N–H and O–H groups in total. The Morgan fingerprint density at radius 1 is 1.13 bits per heavy atom. The van der Waals surface area contributed by atoms with Crippen LogP contribution in [0.2, 0.25) is 0 Å². The summed E-state index contributed by atoms with van der Waals surface area (Å²) in [6, 6.07) is 11.0. The molecule has 1 saturated heterocycles. The predicted octanol–water partition coefficient (Wildman–Crippen LogP) is 2.53. The van der Waals surface area contributed by atoms with E-state index in [0.717, 1.165) is 10.5 Å². The fraction of sp³-hybridized carbons (Fsp3) is 0.318. The van der Waals surface area contributed by atoms with Crippen molar-refractivity contribution in [3.05, 3.63) is 65.5 Å². The zero-order chi connectivity index (χ0) is 21.8. The summed E-state index contributed by atoms with van der Waals surface area (Å²) in [5.41, 5.74) is 1.42. The Hall–Kier alpha value is -3.10. The van der Waals surface area contributed by atoms with E-state index in [2.05, 4.69) is 0 Å². The molecule has 0 aromatic heterocycles. The van der Waals surface area contributed by atoms with E-state index in [9.17, 15) is 18.8 Å². The van der Waals surface area contributed by atoms with Gasteiger partial charge in [-0.15, -0.1) is 0 Å². The molecule has 0 radical (unpaired) electrons. The van der Waals surface area contributed by atoms with E-state index in [1.807, 2.05) is 6.07 Å². The normalized spacial score (nSPS) is 16.4. The fourth-order valence-corrected chi connectivity index (χ4v) is 3.45. The van der Waals surface area contributed by atoms with Crippen molar-refractivity contribution >= 4 is 23.4 Å². The quantitative estimate of drug-likeness (QED) is 0.514. The summed E-state index contributed by atoms with van der Waals surface area (Å²) >= 11 is 0. The lowest BCUT2D eigenvalue weighted by Gasteiger charge is -2.30. The number of hydrogen-bond donors (Lipinski definition) is 0. The number of rotatable bonds is 7. The number of ether oxygens (including phenoxy) is 2. The van der Waals surface area contributed by atoms with E-state index >= 15 is 0 Å². The molecule has 8 heteroatoms. The zero-order valence-corrected chi connectivity index (χ0v) is 17.0. The van der Waals surface area contributed by atoms with Crippen molar-refractivity contribution in [1.82, 2.24) is 4.90 Å². The Morgan fingerprint density at radius 2 is 1.77 bits per heavy atom. The molecule has 0 spiro atoms. The molecule has 1 heterocycles. The number of carbonyl (C=O) groups excluding carboxylic acids is 3. The molecular formula is C22H23FN2O5. The average Bonchev–Trinajstić information content (AvgIpc) is 3.03. The molecule has 1 atom stereocenters. The summed E-state index contributed by atoms with van der Waals surface area (Å²) in [4.78, 5) is 41.4. The summed E-state index contributed by atoms with van der Waals surface area (Å²) in [6.07, 6.45) is -0.964. The summed E-state index contributed by atoms with van der Waals surface area (Å²) in [5.74, 6) is -1.90. The Morgan fingerprint density at radius 3 is 2.37 bits per heavy atom. The molecule has 2 aromatic rings. The van der Waals surface area contributed by atoms with Gasteiger partial charge in [0.15, 0.2) is 6.29 Å². The third-order valence-electron chi connectivity index (χ3n) is 5.09. The van der Waals surface area contributed by atoms with Crippen LogP contribution >= 0.6 is 0 Å². The summed E-state index contributed by atoms with van der Waals surface area (Å²) < 4.78 is 23.7. The highest BCUT2D eigenvalue weighted by atomic mass is 19.1. The highest BCUT2D eigenvalue weighted by molar-refractivity contribution is 6.23. The number of amides is 3. The van der Waals surface area contributed by atoms with Crippen LogP contribution in [0.5, 0.6) is 0 Å². The first-order valence-electron chi connectivity index (χ1n) is 9.42. The highest BCUT2D eigenvalue weighted by Gasteiger charge is 2.45. The van der Waals surface area contributed by atoms with Gasteiger partial charge in [-0.1, -0.05) is 18.2 Å². The van der Waals surface area contributed by atoms with Gasteiger partial charge in [0.2, 0.25) is 5.91 Å². The maximum Gasteiger partial charge on any atom is 0.257 e. The Labute approximate surface area is 174 Å². The summed E-state index contributed by atoms with van der Waals surface area (Å²) in [6.45, 7) is 1.75. The fourth-order valence-electron chi connectivity index (χ4n) is 3.45. The lowest BCUT2D eigenvalue weighted by atomic mass is 10.1. The number of nitrogens with zero attached hydrogens (tertiary/aromatic N) is 2. The minimum atomic E-state index is -1.03. The first-order valence-corrected chi connectivity index (χ1v) is 9.42. The molecule has 2 aromatic carbocycles. The molecule has 3 amide bonds. The van der Waals surface area contributed by atoms with Crippen molar-refractivity contribution in [3.8, 4) is 0 Å². The molecule has 1 fully saturated rings. The van der Waals surface area contributed by atoms with E-state index < -0.39 is 35.9 Å². The van der Waals surface area contributed by atoms with E-state index in [1.54, 1.807) is 25.1 Å². The smallest absolute Gasteiger partial charge is 0.257 e. The van der Waals surface area contributed by atoms with Gasteiger partial charge in [0.05, 0.1) is 18.7 Å². The monoisotopic (exact) mass is 414 g/mol. The molecule has 1 aliphatic heterocycles.